The fourth-order valence-corrected chi connectivity index (χ4v) is 3.48. The van der Waals surface area contributed by atoms with Crippen molar-refractivity contribution in [1.82, 2.24) is 10.2 Å². The molecule has 1 aliphatic rings. The van der Waals surface area contributed by atoms with Crippen molar-refractivity contribution < 1.29 is 13.2 Å². The molecule has 0 saturated carbocycles. The second-order valence-electron chi connectivity index (χ2n) is 4.71. The topological polar surface area (TPSA) is 66.5 Å². The average molecular weight is 302 g/mol. The normalized spacial score (nSPS) is 24.1. The Morgan fingerprint density at radius 2 is 2.21 bits per heavy atom. The molecule has 106 valence electrons. The predicted molar refractivity (Wildman–Crippen MR) is 75.7 cm³/mol. The van der Waals surface area contributed by atoms with Crippen LogP contribution < -0.4 is 5.32 Å². The zero-order valence-electron chi connectivity index (χ0n) is 11.0. The van der Waals surface area contributed by atoms with Gasteiger partial charge in [-0.15, -0.1) is 11.3 Å². The molecule has 2 rings (SSSR count). The molecule has 19 heavy (non-hydrogen) atoms. The van der Waals surface area contributed by atoms with E-state index in [-0.39, 0.29) is 30.4 Å². The summed E-state index contributed by atoms with van der Waals surface area (Å²) in [5.41, 5.74) is 0. The second kappa shape index (κ2) is 5.60. The number of hydrogen-bond donors (Lipinski definition) is 1. The van der Waals surface area contributed by atoms with Crippen molar-refractivity contribution in [3.63, 3.8) is 0 Å². The highest BCUT2D eigenvalue weighted by atomic mass is 32.2. The maximum Gasteiger partial charge on any atom is 0.241 e. The van der Waals surface area contributed by atoms with Crippen LogP contribution in [0.3, 0.4) is 0 Å². The number of carbonyl (C=O) groups is 1. The first kappa shape index (κ1) is 14.5. The highest BCUT2D eigenvalue weighted by Gasteiger charge is 2.39. The van der Waals surface area contributed by atoms with Gasteiger partial charge in [0.05, 0.1) is 11.8 Å². The predicted octanol–water partition coefficient (Wildman–Crippen LogP) is 1.00. The van der Waals surface area contributed by atoms with Crippen molar-refractivity contribution >= 4 is 27.1 Å². The van der Waals surface area contributed by atoms with E-state index in [0.717, 1.165) is 4.88 Å². The van der Waals surface area contributed by atoms with Crippen LogP contribution in [0.15, 0.2) is 17.5 Å². The first-order valence-corrected chi connectivity index (χ1v) is 9.14. The van der Waals surface area contributed by atoms with Crippen LogP contribution in [0.4, 0.5) is 0 Å². The summed E-state index contributed by atoms with van der Waals surface area (Å²) < 4.78 is 22.6. The molecule has 1 aromatic heterocycles. The average Bonchev–Trinajstić information content (AvgIpc) is 2.93. The van der Waals surface area contributed by atoms with E-state index in [1.165, 1.54) is 6.26 Å². The summed E-state index contributed by atoms with van der Waals surface area (Å²) in [6.45, 7) is 2.19. The van der Waals surface area contributed by atoms with E-state index >= 15 is 0 Å². The monoisotopic (exact) mass is 302 g/mol. The number of nitrogens with zero attached hydrogens (tertiary/aromatic N) is 1. The van der Waals surface area contributed by atoms with Crippen LogP contribution in [0.5, 0.6) is 0 Å². The molecule has 1 aromatic rings. The quantitative estimate of drug-likeness (QED) is 0.881. The van der Waals surface area contributed by atoms with Crippen molar-refractivity contribution in [2.24, 2.45) is 0 Å². The zero-order valence-corrected chi connectivity index (χ0v) is 12.6. The zero-order chi connectivity index (χ0) is 14.0. The van der Waals surface area contributed by atoms with Crippen LogP contribution in [0, 0.1) is 0 Å². The number of hydrogen-bond acceptors (Lipinski definition) is 5. The number of amides is 1. The van der Waals surface area contributed by atoms with Crippen molar-refractivity contribution in [2.75, 3.05) is 18.6 Å². The lowest BCUT2D eigenvalue weighted by Gasteiger charge is -2.22. The van der Waals surface area contributed by atoms with Crippen LogP contribution >= 0.6 is 11.3 Å². The molecule has 1 aliphatic heterocycles. The third-order valence-corrected chi connectivity index (χ3v) is 5.02. The van der Waals surface area contributed by atoms with Gasteiger partial charge in [-0.1, -0.05) is 13.0 Å². The molecule has 1 saturated heterocycles. The Labute approximate surface area is 117 Å². The van der Waals surface area contributed by atoms with Gasteiger partial charge in [0.2, 0.25) is 5.91 Å². The fourth-order valence-electron chi connectivity index (χ4n) is 2.16. The third kappa shape index (κ3) is 3.34. The number of carbonyl (C=O) groups excluding carboxylic acids is 1. The third-order valence-electron chi connectivity index (χ3n) is 3.18. The van der Waals surface area contributed by atoms with E-state index in [4.69, 9.17) is 0 Å². The number of nitrogens with one attached hydrogen (secondary N) is 1. The van der Waals surface area contributed by atoms with Gasteiger partial charge in [-0.3, -0.25) is 10.1 Å². The molecule has 0 aliphatic carbocycles. The lowest BCUT2D eigenvalue weighted by molar-refractivity contribution is -0.129. The van der Waals surface area contributed by atoms with Gasteiger partial charge < -0.3 is 4.90 Å². The van der Waals surface area contributed by atoms with Gasteiger partial charge in [-0.25, -0.2) is 8.42 Å². The van der Waals surface area contributed by atoms with Gasteiger partial charge in [0.15, 0.2) is 0 Å². The number of thiophene rings is 1. The largest absolute Gasteiger partial charge is 0.320 e. The van der Waals surface area contributed by atoms with Gasteiger partial charge in [0, 0.05) is 17.7 Å². The Hall–Kier alpha value is -0.920. The van der Waals surface area contributed by atoms with Gasteiger partial charge in [0.25, 0.3) is 0 Å². The highest BCUT2D eigenvalue weighted by molar-refractivity contribution is 7.90. The van der Waals surface area contributed by atoms with Gasteiger partial charge >= 0.3 is 0 Å². The lowest BCUT2D eigenvalue weighted by atomic mass is 10.2. The van der Waals surface area contributed by atoms with E-state index in [0.29, 0.717) is 6.42 Å². The van der Waals surface area contributed by atoms with Crippen molar-refractivity contribution in [2.45, 2.75) is 25.6 Å². The van der Waals surface area contributed by atoms with Crippen LogP contribution in [-0.2, 0) is 14.6 Å². The van der Waals surface area contributed by atoms with Crippen molar-refractivity contribution in [3.05, 3.63) is 22.4 Å². The molecule has 0 aromatic carbocycles. The second-order valence-corrected chi connectivity index (χ2v) is 7.95. The van der Waals surface area contributed by atoms with Crippen LogP contribution in [0.2, 0.25) is 0 Å². The molecule has 5 nitrogen and oxygen atoms in total. The lowest BCUT2D eigenvalue weighted by Crippen LogP contribution is -2.34. The van der Waals surface area contributed by atoms with Gasteiger partial charge in [-0.2, -0.15) is 0 Å². The maximum absolute atomic E-state index is 12.2. The van der Waals surface area contributed by atoms with E-state index < -0.39 is 9.84 Å². The Morgan fingerprint density at radius 3 is 2.74 bits per heavy atom. The Balaban J connectivity index is 2.18. The van der Waals surface area contributed by atoms with Gasteiger partial charge in [0.1, 0.15) is 16.0 Å². The SMILES string of the molecule is CCC1NC(c2cccs2)N(CCS(C)(=O)=O)C1=O. The first-order valence-electron chi connectivity index (χ1n) is 6.20. The number of rotatable bonds is 5. The van der Waals surface area contributed by atoms with E-state index in [1.807, 2.05) is 24.4 Å². The minimum Gasteiger partial charge on any atom is -0.320 e. The Morgan fingerprint density at radius 1 is 1.47 bits per heavy atom. The summed E-state index contributed by atoms with van der Waals surface area (Å²) in [5.74, 6) is -0.0109. The van der Waals surface area contributed by atoms with E-state index in [2.05, 4.69) is 5.32 Å². The molecule has 1 fully saturated rings. The minimum absolute atomic E-state index is 0.00126. The molecule has 0 radical (unpaired) electrons. The van der Waals surface area contributed by atoms with E-state index in [1.54, 1.807) is 16.2 Å². The van der Waals surface area contributed by atoms with E-state index in [9.17, 15) is 13.2 Å². The summed E-state index contributed by atoms with van der Waals surface area (Å²) in [6.07, 6.45) is 1.70. The maximum atomic E-state index is 12.2. The molecular weight excluding hydrogens is 284 g/mol. The summed E-state index contributed by atoms with van der Waals surface area (Å²) in [4.78, 5) is 14.9. The highest BCUT2D eigenvalue weighted by Crippen LogP contribution is 2.29. The molecule has 0 bridgehead atoms. The van der Waals surface area contributed by atoms with Crippen molar-refractivity contribution in [3.8, 4) is 0 Å². The van der Waals surface area contributed by atoms with Gasteiger partial charge in [-0.05, 0) is 17.9 Å². The first-order chi connectivity index (χ1) is 8.92. The summed E-state index contributed by atoms with van der Waals surface area (Å²) in [6, 6.07) is 3.67. The summed E-state index contributed by atoms with van der Waals surface area (Å²) in [5, 5.41) is 5.22. The van der Waals surface area contributed by atoms with Crippen LogP contribution in [-0.4, -0.2) is 43.8 Å². The molecule has 7 heteroatoms. The molecule has 1 N–H and O–H groups in total. The summed E-state index contributed by atoms with van der Waals surface area (Å²) >= 11 is 1.57. The Bertz CT molecular complexity index is 539. The standard InChI is InChI=1S/C12H18N2O3S2/c1-3-9-12(15)14(6-8-19(2,16)17)11(13-9)10-5-4-7-18-10/h4-5,7,9,11,13H,3,6,8H2,1-2H3. The fraction of sp³-hybridized carbons (Fsp3) is 0.583. The molecular formula is C12H18N2O3S2. The molecule has 2 heterocycles. The minimum atomic E-state index is -3.07. The van der Waals surface area contributed by atoms with Crippen LogP contribution in [0.25, 0.3) is 0 Å². The summed E-state index contributed by atoms with van der Waals surface area (Å²) in [7, 11) is -3.07. The molecule has 1 amide bonds. The van der Waals surface area contributed by atoms with Crippen LogP contribution in [0.1, 0.15) is 24.4 Å². The number of sulfone groups is 1. The molecule has 2 unspecified atom stereocenters. The molecule has 0 spiro atoms. The van der Waals surface area contributed by atoms with Crippen molar-refractivity contribution in [1.29, 1.82) is 0 Å². The smallest absolute Gasteiger partial charge is 0.241 e. The Kier molecular flexibility index (Phi) is 4.27. The molecule has 2 atom stereocenters.